The smallest absolute Gasteiger partial charge is 0.227 e. The van der Waals surface area contributed by atoms with E-state index in [0.717, 1.165) is 30.7 Å². The zero-order chi connectivity index (χ0) is 10.6. The fourth-order valence-corrected chi connectivity index (χ4v) is 1.37. The molecule has 0 saturated carbocycles. The summed E-state index contributed by atoms with van der Waals surface area (Å²) in [6.07, 6.45) is 6.32. The number of rotatable bonds is 4. The van der Waals surface area contributed by atoms with E-state index in [1.165, 1.54) is 0 Å². The first kappa shape index (κ1) is 10.8. The maximum Gasteiger partial charge on any atom is 0.227 e. The Morgan fingerprint density at radius 2 is 2.21 bits per heavy atom. The molecule has 1 fully saturated rings. The van der Waals surface area contributed by atoms with Crippen molar-refractivity contribution in [3.63, 3.8) is 0 Å². The van der Waals surface area contributed by atoms with Crippen molar-refractivity contribution in [2.45, 2.75) is 26.2 Å². The summed E-state index contributed by atoms with van der Waals surface area (Å²) in [4.78, 5) is 13.1. The van der Waals surface area contributed by atoms with Crippen molar-refractivity contribution in [2.24, 2.45) is 0 Å². The second kappa shape index (κ2) is 4.80. The number of hydrogen-bond acceptors (Lipinski definition) is 1. The van der Waals surface area contributed by atoms with Crippen LogP contribution in [-0.2, 0) is 4.79 Å². The molecular weight excluding hydrogens is 174 g/mol. The minimum absolute atomic E-state index is 0.182. The van der Waals surface area contributed by atoms with Gasteiger partial charge in [-0.15, -0.1) is 0 Å². The number of hydrogen-bond donors (Lipinski definition) is 0. The van der Waals surface area contributed by atoms with Gasteiger partial charge in [0, 0.05) is 18.7 Å². The molecule has 1 heterocycles. The van der Waals surface area contributed by atoms with E-state index in [4.69, 9.17) is 0 Å². The number of amides is 1. The number of allylic oxidation sites excluding steroid dienone is 3. The van der Waals surface area contributed by atoms with Gasteiger partial charge in [0.05, 0.1) is 0 Å². The summed E-state index contributed by atoms with van der Waals surface area (Å²) >= 11 is 0. The summed E-state index contributed by atoms with van der Waals surface area (Å²) < 4.78 is 0. The Kier molecular flexibility index (Phi) is 3.69. The third-order valence-corrected chi connectivity index (χ3v) is 2.39. The van der Waals surface area contributed by atoms with Gasteiger partial charge >= 0.3 is 0 Å². The van der Waals surface area contributed by atoms with Crippen molar-refractivity contribution in [3.8, 4) is 0 Å². The standard InChI is InChI=1S/C12H17NO/c1-4-10(2)7-8-11(3)13-9-5-6-12(13)14/h7-8H,2-6,9H2,1H3/b8-7-. The third kappa shape index (κ3) is 2.59. The van der Waals surface area contributed by atoms with E-state index in [2.05, 4.69) is 20.1 Å². The minimum atomic E-state index is 0.182. The van der Waals surface area contributed by atoms with Crippen LogP contribution in [0.2, 0.25) is 0 Å². The second-order valence-corrected chi connectivity index (χ2v) is 3.49. The van der Waals surface area contributed by atoms with Crippen LogP contribution in [0.5, 0.6) is 0 Å². The fourth-order valence-electron chi connectivity index (χ4n) is 1.37. The molecule has 1 amide bonds. The molecule has 0 bridgehead atoms. The molecule has 1 aliphatic heterocycles. The van der Waals surface area contributed by atoms with Crippen LogP contribution in [0.3, 0.4) is 0 Å². The predicted octanol–water partition coefficient (Wildman–Crippen LogP) is 2.64. The number of likely N-dealkylation sites (tertiary alicyclic amines) is 1. The summed E-state index contributed by atoms with van der Waals surface area (Å²) in [5, 5.41) is 0. The van der Waals surface area contributed by atoms with E-state index < -0.39 is 0 Å². The van der Waals surface area contributed by atoms with Crippen LogP contribution in [0.1, 0.15) is 26.2 Å². The number of nitrogens with zero attached hydrogens (tertiary/aromatic N) is 1. The summed E-state index contributed by atoms with van der Waals surface area (Å²) in [6.45, 7) is 10.6. The third-order valence-electron chi connectivity index (χ3n) is 2.39. The maximum absolute atomic E-state index is 11.3. The lowest BCUT2D eigenvalue weighted by atomic mass is 10.2. The SMILES string of the molecule is C=C(/C=C\C(=C)N1CCCC1=O)CC. The van der Waals surface area contributed by atoms with Gasteiger partial charge in [0.15, 0.2) is 0 Å². The van der Waals surface area contributed by atoms with Crippen LogP contribution in [0.25, 0.3) is 0 Å². The molecule has 1 aliphatic rings. The summed E-state index contributed by atoms with van der Waals surface area (Å²) in [6, 6.07) is 0. The minimum Gasteiger partial charge on any atom is -0.313 e. The van der Waals surface area contributed by atoms with Crippen LogP contribution in [0.4, 0.5) is 0 Å². The Morgan fingerprint density at radius 1 is 1.50 bits per heavy atom. The van der Waals surface area contributed by atoms with Crippen molar-refractivity contribution in [2.75, 3.05) is 6.54 Å². The van der Waals surface area contributed by atoms with Crippen LogP contribution in [0.15, 0.2) is 36.6 Å². The van der Waals surface area contributed by atoms with Gasteiger partial charge in [-0.05, 0) is 18.9 Å². The van der Waals surface area contributed by atoms with Crippen LogP contribution < -0.4 is 0 Å². The molecule has 0 aromatic heterocycles. The van der Waals surface area contributed by atoms with Gasteiger partial charge in [0.2, 0.25) is 5.91 Å². The molecule has 1 rings (SSSR count). The highest BCUT2D eigenvalue weighted by atomic mass is 16.2. The van der Waals surface area contributed by atoms with Crippen molar-refractivity contribution < 1.29 is 4.79 Å². The van der Waals surface area contributed by atoms with E-state index in [9.17, 15) is 4.79 Å². The molecule has 2 heteroatoms. The highest BCUT2D eigenvalue weighted by molar-refractivity contribution is 5.80. The van der Waals surface area contributed by atoms with Crippen LogP contribution in [-0.4, -0.2) is 17.4 Å². The van der Waals surface area contributed by atoms with Gasteiger partial charge < -0.3 is 4.90 Å². The lowest BCUT2D eigenvalue weighted by Gasteiger charge is -2.15. The van der Waals surface area contributed by atoms with E-state index in [-0.39, 0.29) is 5.91 Å². The summed E-state index contributed by atoms with van der Waals surface area (Å²) in [5.74, 6) is 0.182. The van der Waals surface area contributed by atoms with Crippen LogP contribution in [0, 0.1) is 0 Å². The van der Waals surface area contributed by atoms with E-state index in [0.29, 0.717) is 6.42 Å². The Balaban J connectivity index is 2.53. The average molecular weight is 191 g/mol. The van der Waals surface area contributed by atoms with Gasteiger partial charge in [0.25, 0.3) is 0 Å². The lowest BCUT2D eigenvalue weighted by molar-refractivity contribution is -0.125. The highest BCUT2D eigenvalue weighted by Crippen LogP contribution is 2.16. The molecular formula is C12H17NO. The Hall–Kier alpha value is -1.31. The van der Waals surface area contributed by atoms with Gasteiger partial charge in [-0.2, -0.15) is 0 Å². The molecule has 76 valence electrons. The van der Waals surface area contributed by atoms with Crippen molar-refractivity contribution in [3.05, 3.63) is 36.6 Å². The first-order chi connectivity index (χ1) is 6.65. The molecule has 2 nitrogen and oxygen atoms in total. The Bertz CT molecular complexity index is 289. The molecule has 0 radical (unpaired) electrons. The quantitative estimate of drug-likeness (QED) is 0.625. The topological polar surface area (TPSA) is 20.3 Å². The number of carbonyl (C=O) groups is 1. The maximum atomic E-state index is 11.3. The highest BCUT2D eigenvalue weighted by Gasteiger charge is 2.20. The Morgan fingerprint density at radius 3 is 2.71 bits per heavy atom. The van der Waals surface area contributed by atoms with Crippen LogP contribution >= 0.6 is 0 Å². The van der Waals surface area contributed by atoms with Crippen molar-refractivity contribution in [1.82, 2.24) is 4.90 Å². The lowest BCUT2D eigenvalue weighted by Crippen LogP contribution is -2.22. The van der Waals surface area contributed by atoms with Gasteiger partial charge in [-0.1, -0.05) is 31.7 Å². The van der Waals surface area contributed by atoms with Crippen molar-refractivity contribution >= 4 is 5.91 Å². The normalized spacial score (nSPS) is 16.6. The average Bonchev–Trinajstić information content (AvgIpc) is 2.60. The van der Waals surface area contributed by atoms with Crippen molar-refractivity contribution in [1.29, 1.82) is 0 Å². The predicted molar refractivity (Wildman–Crippen MR) is 58.7 cm³/mol. The zero-order valence-electron chi connectivity index (χ0n) is 8.75. The molecule has 0 aromatic rings. The van der Waals surface area contributed by atoms with E-state index in [1.54, 1.807) is 4.90 Å². The molecule has 1 saturated heterocycles. The van der Waals surface area contributed by atoms with E-state index in [1.807, 2.05) is 12.2 Å². The van der Waals surface area contributed by atoms with Gasteiger partial charge in [-0.3, -0.25) is 4.79 Å². The summed E-state index contributed by atoms with van der Waals surface area (Å²) in [7, 11) is 0. The first-order valence-electron chi connectivity index (χ1n) is 5.00. The molecule has 0 unspecified atom stereocenters. The molecule has 0 N–H and O–H groups in total. The molecule has 14 heavy (non-hydrogen) atoms. The first-order valence-corrected chi connectivity index (χ1v) is 5.00. The largest absolute Gasteiger partial charge is 0.313 e. The second-order valence-electron chi connectivity index (χ2n) is 3.49. The Labute approximate surface area is 85.6 Å². The van der Waals surface area contributed by atoms with Gasteiger partial charge in [0.1, 0.15) is 0 Å². The van der Waals surface area contributed by atoms with Gasteiger partial charge in [-0.25, -0.2) is 0 Å². The molecule has 0 atom stereocenters. The fraction of sp³-hybridized carbons (Fsp3) is 0.417. The molecule has 0 aliphatic carbocycles. The monoisotopic (exact) mass is 191 g/mol. The zero-order valence-corrected chi connectivity index (χ0v) is 8.75. The molecule has 0 aromatic carbocycles. The van der Waals surface area contributed by atoms with E-state index >= 15 is 0 Å². The number of carbonyl (C=O) groups excluding carboxylic acids is 1. The molecule has 0 spiro atoms. The summed E-state index contributed by atoms with van der Waals surface area (Å²) in [5.41, 5.74) is 1.83.